The molecule has 1 unspecified atom stereocenters. The summed E-state index contributed by atoms with van der Waals surface area (Å²) in [5.41, 5.74) is 0.902. The van der Waals surface area contributed by atoms with Crippen LogP contribution < -0.4 is 14.8 Å². The molecule has 1 atom stereocenters. The minimum Gasteiger partial charge on any atom is -0.454 e. The maximum atomic E-state index is 12.5. The van der Waals surface area contributed by atoms with E-state index >= 15 is 0 Å². The van der Waals surface area contributed by atoms with Gasteiger partial charge >= 0.3 is 0 Å². The predicted molar refractivity (Wildman–Crippen MR) is 91.4 cm³/mol. The second-order valence-electron chi connectivity index (χ2n) is 7.18. The lowest BCUT2D eigenvalue weighted by molar-refractivity contribution is -0.134. The molecule has 0 radical (unpaired) electrons. The minimum atomic E-state index is -0.0148. The van der Waals surface area contributed by atoms with Crippen molar-refractivity contribution in [1.29, 1.82) is 0 Å². The summed E-state index contributed by atoms with van der Waals surface area (Å²) in [7, 11) is 0. The topological polar surface area (TPSA) is 67.9 Å². The van der Waals surface area contributed by atoms with Gasteiger partial charge in [-0.1, -0.05) is 18.9 Å². The first-order valence-electron chi connectivity index (χ1n) is 9.16. The number of ether oxygens (including phenoxy) is 2. The van der Waals surface area contributed by atoms with Crippen molar-refractivity contribution in [3.8, 4) is 11.5 Å². The third kappa shape index (κ3) is 3.57. The molecule has 1 saturated carbocycles. The van der Waals surface area contributed by atoms with E-state index in [0.29, 0.717) is 18.7 Å². The van der Waals surface area contributed by atoms with Gasteiger partial charge in [-0.05, 0) is 37.0 Å². The Morgan fingerprint density at radius 3 is 2.76 bits per heavy atom. The monoisotopic (exact) mass is 344 g/mol. The molecule has 0 spiro atoms. The first-order chi connectivity index (χ1) is 12.2. The molecule has 1 aromatic rings. The molecular weight excluding hydrogens is 320 g/mol. The van der Waals surface area contributed by atoms with E-state index in [0.717, 1.165) is 37.1 Å². The average molecular weight is 344 g/mol. The van der Waals surface area contributed by atoms with Gasteiger partial charge in [0, 0.05) is 25.0 Å². The summed E-state index contributed by atoms with van der Waals surface area (Å²) < 4.78 is 10.6. The van der Waals surface area contributed by atoms with Crippen molar-refractivity contribution in [3.63, 3.8) is 0 Å². The van der Waals surface area contributed by atoms with Gasteiger partial charge in [0.15, 0.2) is 11.5 Å². The Hall–Kier alpha value is -2.24. The van der Waals surface area contributed by atoms with Crippen molar-refractivity contribution in [2.45, 2.75) is 44.6 Å². The summed E-state index contributed by atoms with van der Waals surface area (Å²) in [6.45, 7) is 1.63. The largest absolute Gasteiger partial charge is 0.454 e. The smallest absolute Gasteiger partial charge is 0.231 e. The lowest BCUT2D eigenvalue weighted by Crippen LogP contribution is -2.40. The number of nitrogens with zero attached hydrogens (tertiary/aromatic N) is 1. The van der Waals surface area contributed by atoms with Crippen LogP contribution in [0.25, 0.3) is 0 Å². The van der Waals surface area contributed by atoms with Crippen LogP contribution >= 0.6 is 0 Å². The van der Waals surface area contributed by atoms with Crippen LogP contribution in [0.2, 0.25) is 0 Å². The zero-order valence-corrected chi connectivity index (χ0v) is 14.3. The molecule has 6 nitrogen and oxygen atoms in total. The molecular formula is C19H24N2O4. The molecule has 3 aliphatic rings. The maximum absolute atomic E-state index is 12.5. The van der Waals surface area contributed by atoms with Crippen LogP contribution in [-0.2, 0) is 16.0 Å². The number of carbonyl (C=O) groups is 2. The van der Waals surface area contributed by atoms with E-state index in [1.54, 1.807) is 0 Å². The second kappa shape index (κ2) is 6.94. The molecule has 1 aromatic carbocycles. The van der Waals surface area contributed by atoms with Gasteiger partial charge in [-0.25, -0.2) is 0 Å². The highest BCUT2D eigenvalue weighted by molar-refractivity contribution is 5.81. The third-order valence-corrected chi connectivity index (χ3v) is 5.37. The number of hydrogen-bond acceptors (Lipinski definition) is 4. The minimum absolute atomic E-state index is 0.0148. The van der Waals surface area contributed by atoms with E-state index in [-0.39, 0.29) is 30.6 Å². The molecule has 6 heteroatoms. The van der Waals surface area contributed by atoms with Gasteiger partial charge in [-0.3, -0.25) is 9.59 Å². The molecule has 0 bridgehead atoms. The van der Waals surface area contributed by atoms with Gasteiger partial charge in [-0.2, -0.15) is 0 Å². The van der Waals surface area contributed by atoms with Crippen LogP contribution in [0, 0.1) is 5.92 Å². The van der Waals surface area contributed by atoms with Crippen LogP contribution in [0.15, 0.2) is 18.2 Å². The van der Waals surface area contributed by atoms with E-state index in [1.807, 2.05) is 23.1 Å². The Morgan fingerprint density at radius 2 is 1.92 bits per heavy atom. The van der Waals surface area contributed by atoms with Crippen molar-refractivity contribution < 1.29 is 19.1 Å². The number of hydrogen-bond donors (Lipinski definition) is 1. The van der Waals surface area contributed by atoms with Crippen molar-refractivity contribution in [1.82, 2.24) is 10.2 Å². The molecule has 134 valence electrons. The zero-order chi connectivity index (χ0) is 17.2. The van der Waals surface area contributed by atoms with Crippen LogP contribution in [0.4, 0.5) is 0 Å². The van der Waals surface area contributed by atoms with Crippen LogP contribution in [-0.4, -0.2) is 42.6 Å². The van der Waals surface area contributed by atoms with Crippen molar-refractivity contribution in [3.05, 3.63) is 23.8 Å². The SMILES string of the molecule is O=C(Cc1ccc2c(c1)OCO2)NC1CCN(C(=O)C2CCCC2)C1. The number of nitrogens with one attached hydrogen (secondary N) is 1. The third-order valence-electron chi connectivity index (χ3n) is 5.37. The first kappa shape index (κ1) is 16.2. The number of benzene rings is 1. The number of carbonyl (C=O) groups excluding carboxylic acids is 2. The summed E-state index contributed by atoms with van der Waals surface area (Å²) in [6.07, 6.45) is 5.53. The Balaban J connectivity index is 1.27. The Kier molecular flexibility index (Phi) is 4.51. The van der Waals surface area contributed by atoms with E-state index in [4.69, 9.17) is 9.47 Å². The fourth-order valence-corrected chi connectivity index (χ4v) is 4.02. The van der Waals surface area contributed by atoms with Crippen LogP contribution in [0.1, 0.15) is 37.7 Å². The zero-order valence-electron chi connectivity index (χ0n) is 14.3. The fourth-order valence-electron chi connectivity index (χ4n) is 4.02. The molecule has 0 aromatic heterocycles. The van der Waals surface area contributed by atoms with E-state index in [9.17, 15) is 9.59 Å². The molecule has 1 aliphatic carbocycles. The van der Waals surface area contributed by atoms with E-state index in [2.05, 4.69) is 5.32 Å². The maximum Gasteiger partial charge on any atom is 0.231 e. The van der Waals surface area contributed by atoms with Crippen LogP contribution in [0.3, 0.4) is 0 Å². The molecule has 1 N–H and O–H groups in total. The Morgan fingerprint density at radius 1 is 1.12 bits per heavy atom. The highest BCUT2D eigenvalue weighted by Crippen LogP contribution is 2.32. The number of likely N-dealkylation sites (tertiary alicyclic amines) is 1. The van der Waals surface area contributed by atoms with E-state index in [1.165, 1.54) is 12.8 Å². The summed E-state index contributed by atoms with van der Waals surface area (Å²) >= 11 is 0. The summed E-state index contributed by atoms with van der Waals surface area (Å²) in [4.78, 5) is 26.7. The summed E-state index contributed by atoms with van der Waals surface area (Å²) in [6, 6.07) is 5.64. The van der Waals surface area contributed by atoms with Gasteiger partial charge in [0.25, 0.3) is 0 Å². The highest BCUT2D eigenvalue weighted by Gasteiger charge is 2.32. The van der Waals surface area contributed by atoms with E-state index < -0.39 is 0 Å². The predicted octanol–water partition coefficient (Wildman–Crippen LogP) is 1.87. The molecule has 2 heterocycles. The number of fused-ring (bicyclic) bond motifs is 1. The quantitative estimate of drug-likeness (QED) is 0.905. The molecule has 25 heavy (non-hydrogen) atoms. The second-order valence-corrected chi connectivity index (χ2v) is 7.18. The number of amides is 2. The van der Waals surface area contributed by atoms with Gasteiger partial charge in [-0.15, -0.1) is 0 Å². The molecule has 2 fully saturated rings. The van der Waals surface area contributed by atoms with Crippen molar-refractivity contribution in [2.24, 2.45) is 5.92 Å². The Bertz CT molecular complexity index is 669. The highest BCUT2D eigenvalue weighted by atomic mass is 16.7. The first-order valence-corrected chi connectivity index (χ1v) is 9.16. The average Bonchev–Trinajstić information content (AvgIpc) is 3.35. The molecule has 4 rings (SSSR count). The normalized spacial score (nSPS) is 22.4. The van der Waals surface area contributed by atoms with Gasteiger partial charge < -0.3 is 19.7 Å². The number of rotatable bonds is 4. The fraction of sp³-hybridized carbons (Fsp3) is 0.579. The Labute approximate surface area is 147 Å². The lowest BCUT2D eigenvalue weighted by Gasteiger charge is -2.20. The lowest BCUT2D eigenvalue weighted by atomic mass is 10.1. The van der Waals surface area contributed by atoms with Crippen LogP contribution in [0.5, 0.6) is 11.5 Å². The standard InChI is InChI=1S/C19H24N2O4/c22-18(10-13-5-6-16-17(9-13)25-12-24-16)20-15-7-8-21(11-15)19(23)14-3-1-2-4-14/h5-6,9,14-15H,1-4,7-8,10-12H2,(H,20,22). The van der Waals surface area contributed by atoms with Crippen molar-refractivity contribution >= 4 is 11.8 Å². The molecule has 2 aliphatic heterocycles. The molecule has 2 amide bonds. The molecule has 1 saturated heterocycles. The van der Waals surface area contributed by atoms with Gasteiger partial charge in [0.1, 0.15) is 0 Å². The summed E-state index contributed by atoms with van der Waals surface area (Å²) in [5, 5.41) is 3.07. The van der Waals surface area contributed by atoms with Gasteiger partial charge in [0.05, 0.1) is 6.42 Å². The van der Waals surface area contributed by atoms with Crippen molar-refractivity contribution in [2.75, 3.05) is 19.9 Å². The summed E-state index contributed by atoms with van der Waals surface area (Å²) in [5.74, 6) is 1.90. The van der Waals surface area contributed by atoms with Gasteiger partial charge in [0.2, 0.25) is 18.6 Å².